The molecule has 27 heavy (non-hydrogen) atoms. The molecule has 0 unspecified atom stereocenters. The normalized spacial score (nSPS) is 18.0. The summed E-state index contributed by atoms with van der Waals surface area (Å²) in [5, 5.41) is 0. The van der Waals surface area contributed by atoms with Crippen molar-refractivity contribution in [1.29, 1.82) is 0 Å². The van der Waals surface area contributed by atoms with Gasteiger partial charge in [-0.2, -0.15) is 0 Å². The van der Waals surface area contributed by atoms with Gasteiger partial charge in [0.15, 0.2) is 0 Å². The van der Waals surface area contributed by atoms with Crippen LogP contribution in [0.1, 0.15) is 69.7 Å². The number of methoxy groups -OCH3 is 2. The van der Waals surface area contributed by atoms with Crippen molar-refractivity contribution in [2.24, 2.45) is 0 Å². The minimum atomic E-state index is 0.154. The van der Waals surface area contributed by atoms with Crippen molar-refractivity contribution in [3.63, 3.8) is 0 Å². The van der Waals surface area contributed by atoms with E-state index in [4.69, 9.17) is 9.47 Å². The minimum Gasteiger partial charge on any atom is -0.497 e. The van der Waals surface area contributed by atoms with Crippen molar-refractivity contribution in [3.8, 4) is 11.5 Å². The fourth-order valence-electron chi connectivity index (χ4n) is 4.22. The SMILES string of the molecule is COc1ccc(C=C(C)c2cc(OC)cc3c2C(C)(C)CCC3(C)C)cc1. The average molecular weight is 365 g/mol. The Hall–Kier alpha value is -2.22. The van der Waals surface area contributed by atoms with Gasteiger partial charge in [-0.3, -0.25) is 0 Å². The first kappa shape index (κ1) is 19.5. The highest BCUT2D eigenvalue weighted by molar-refractivity contribution is 5.83. The van der Waals surface area contributed by atoms with Gasteiger partial charge in [0.2, 0.25) is 0 Å². The van der Waals surface area contributed by atoms with Crippen molar-refractivity contribution in [1.82, 2.24) is 0 Å². The van der Waals surface area contributed by atoms with Gasteiger partial charge in [-0.05, 0) is 82.7 Å². The van der Waals surface area contributed by atoms with Crippen LogP contribution in [-0.2, 0) is 10.8 Å². The Morgan fingerprint density at radius 3 is 2.04 bits per heavy atom. The predicted molar refractivity (Wildman–Crippen MR) is 115 cm³/mol. The van der Waals surface area contributed by atoms with Gasteiger partial charge in [-0.1, -0.05) is 45.9 Å². The maximum absolute atomic E-state index is 5.67. The molecular weight excluding hydrogens is 332 g/mol. The van der Waals surface area contributed by atoms with Gasteiger partial charge >= 0.3 is 0 Å². The standard InChI is InChI=1S/C25H32O2/c1-17(14-18-8-10-19(26-6)11-9-18)21-15-20(27-7)16-22-23(21)25(4,5)13-12-24(22,2)3/h8-11,14-16H,12-13H2,1-7H3. The molecule has 144 valence electrons. The molecule has 0 atom stereocenters. The number of ether oxygens (including phenoxy) is 2. The molecule has 0 aromatic heterocycles. The lowest BCUT2D eigenvalue weighted by Crippen LogP contribution is -2.34. The Balaban J connectivity index is 2.18. The third-order valence-electron chi connectivity index (χ3n) is 6.05. The quantitative estimate of drug-likeness (QED) is 0.568. The maximum Gasteiger partial charge on any atom is 0.119 e. The number of hydrogen-bond donors (Lipinski definition) is 0. The Morgan fingerprint density at radius 2 is 1.44 bits per heavy atom. The van der Waals surface area contributed by atoms with Crippen molar-refractivity contribution in [3.05, 3.63) is 58.7 Å². The van der Waals surface area contributed by atoms with Crippen LogP contribution in [0.5, 0.6) is 11.5 Å². The molecule has 0 N–H and O–H groups in total. The van der Waals surface area contributed by atoms with Crippen LogP contribution in [0.3, 0.4) is 0 Å². The summed E-state index contributed by atoms with van der Waals surface area (Å²) in [7, 11) is 3.46. The second-order valence-electron chi connectivity index (χ2n) is 8.97. The summed E-state index contributed by atoms with van der Waals surface area (Å²) in [5.41, 5.74) is 6.96. The second kappa shape index (κ2) is 7.07. The van der Waals surface area contributed by atoms with Crippen LogP contribution < -0.4 is 9.47 Å². The van der Waals surface area contributed by atoms with E-state index in [0.29, 0.717) is 0 Å². The highest BCUT2D eigenvalue weighted by Gasteiger charge is 2.39. The molecule has 0 saturated heterocycles. The van der Waals surface area contributed by atoms with E-state index in [0.717, 1.165) is 11.5 Å². The molecule has 0 spiro atoms. The first-order valence-electron chi connectivity index (χ1n) is 9.74. The van der Waals surface area contributed by atoms with E-state index in [-0.39, 0.29) is 10.8 Å². The molecular formula is C25H32O2. The Kier molecular flexibility index (Phi) is 5.12. The molecule has 2 aromatic carbocycles. The molecule has 0 aliphatic heterocycles. The fraction of sp³-hybridized carbons (Fsp3) is 0.440. The molecule has 0 radical (unpaired) electrons. The van der Waals surface area contributed by atoms with Gasteiger partial charge in [0.05, 0.1) is 14.2 Å². The highest BCUT2D eigenvalue weighted by atomic mass is 16.5. The predicted octanol–water partition coefficient (Wildman–Crippen LogP) is 6.61. The molecule has 2 aromatic rings. The fourth-order valence-corrected chi connectivity index (χ4v) is 4.22. The third-order valence-corrected chi connectivity index (χ3v) is 6.05. The van der Waals surface area contributed by atoms with E-state index < -0.39 is 0 Å². The summed E-state index contributed by atoms with van der Waals surface area (Å²) >= 11 is 0. The molecule has 0 bridgehead atoms. The van der Waals surface area contributed by atoms with Gasteiger partial charge in [0.1, 0.15) is 11.5 Å². The smallest absolute Gasteiger partial charge is 0.119 e. The van der Waals surface area contributed by atoms with Gasteiger partial charge in [-0.25, -0.2) is 0 Å². The summed E-state index contributed by atoms with van der Waals surface area (Å²) in [4.78, 5) is 0. The Labute approximate surface area is 164 Å². The van der Waals surface area contributed by atoms with Gasteiger partial charge in [0, 0.05) is 0 Å². The van der Waals surface area contributed by atoms with Gasteiger partial charge in [-0.15, -0.1) is 0 Å². The first-order chi connectivity index (χ1) is 12.7. The van der Waals surface area contributed by atoms with Crippen molar-refractivity contribution < 1.29 is 9.47 Å². The number of rotatable bonds is 4. The largest absolute Gasteiger partial charge is 0.497 e. The Bertz CT molecular complexity index is 855. The minimum absolute atomic E-state index is 0.154. The Morgan fingerprint density at radius 1 is 0.852 bits per heavy atom. The van der Waals surface area contributed by atoms with E-state index >= 15 is 0 Å². The summed E-state index contributed by atoms with van der Waals surface area (Å²) in [6, 6.07) is 12.7. The van der Waals surface area contributed by atoms with Crippen LogP contribution in [0.2, 0.25) is 0 Å². The summed E-state index contributed by atoms with van der Waals surface area (Å²) in [6.07, 6.45) is 4.65. The van der Waals surface area contributed by atoms with E-state index in [2.05, 4.69) is 65.0 Å². The summed E-state index contributed by atoms with van der Waals surface area (Å²) in [5.74, 6) is 1.82. The molecule has 1 aliphatic carbocycles. The maximum atomic E-state index is 5.67. The zero-order chi connectivity index (χ0) is 19.8. The average Bonchev–Trinajstić information content (AvgIpc) is 2.65. The van der Waals surface area contributed by atoms with E-state index in [9.17, 15) is 0 Å². The molecule has 0 amide bonds. The summed E-state index contributed by atoms with van der Waals surface area (Å²) < 4.78 is 10.9. The summed E-state index contributed by atoms with van der Waals surface area (Å²) in [6.45, 7) is 11.7. The lowest BCUT2D eigenvalue weighted by molar-refractivity contribution is 0.328. The molecule has 2 nitrogen and oxygen atoms in total. The lowest BCUT2D eigenvalue weighted by Gasteiger charge is -2.43. The number of hydrogen-bond acceptors (Lipinski definition) is 2. The molecule has 0 fully saturated rings. The first-order valence-corrected chi connectivity index (χ1v) is 9.74. The van der Waals surface area contributed by atoms with Crippen molar-refractivity contribution >= 4 is 11.6 Å². The van der Waals surface area contributed by atoms with Crippen molar-refractivity contribution in [2.75, 3.05) is 14.2 Å². The van der Waals surface area contributed by atoms with Crippen LogP contribution in [0.15, 0.2) is 36.4 Å². The van der Waals surface area contributed by atoms with Crippen LogP contribution in [0.4, 0.5) is 0 Å². The third kappa shape index (κ3) is 3.76. The molecule has 0 heterocycles. The zero-order valence-corrected chi connectivity index (χ0v) is 17.8. The molecule has 2 heteroatoms. The lowest BCUT2D eigenvalue weighted by atomic mass is 9.61. The van der Waals surface area contributed by atoms with E-state index in [1.54, 1.807) is 14.2 Å². The van der Waals surface area contributed by atoms with Crippen LogP contribution in [0.25, 0.3) is 11.6 Å². The van der Waals surface area contributed by atoms with E-state index in [1.165, 1.54) is 40.7 Å². The number of benzene rings is 2. The van der Waals surface area contributed by atoms with Crippen LogP contribution in [0, 0.1) is 0 Å². The number of fused-ring (bicyclic) bond motifs is 1. The van der Waals surface area contributed by atoms with Crippen molar-refractivity contribution in [2.45, 2.75) is 58.3 Å². The second-order valence-corrected chi connectivity index (χ2v) is 8.97. The topological polar surface area (TPSA) is 18.5 Å². The van der Waals surface area contributed by atoms with Gasteiger partial charge < -0.3 is 9.47 Å². The molecule has 3 rings (SSSR count). The van der Waals surface area contributed by atoms with Crippen LogP contribution >= 0.6 is 0 Å². The number of allylic oxidation sites excluding steroid dienone is 1. The van der Waals surface area contributed by atoms with Crippen LogP contribution in [-0.4, -0.2) is 14.2 Å². The van der Waals surface area contributed by atoms with E-state index in [1.807, 2.05) is 12.1 Å². The monoisotopic (exact) mass is 364 g/mol. The van der Waals surface area contributed by atoms with Gasteiger partial charge in [0.25, 0.3) is 0 Å². The zero-order valence-electron chi connectivity index (χ0n) is 17.8. The highest BCUT2D eigenvalue weighted by Crippen LogP contribution is 2.49. The molecule has 1 aliphatic rings. The molecule has 0 saturated carbocycles.